The molecule has 1 aromatic rings. The number of fused-ring (bicyclic) bond motifs is 1. The van der Waals surface area contributed by atoms with Crippen molar-refractivity contribution in [3.63, 3.8) is 0 Å². The van der Waals surface area contributed by atoms with E-state index in [1.54, 1.807) is 24.8 Å². The van der Waals surface area contributed by atoms with E-state index in [9.17, 15) is 27.6 Å². The van der Waals surface area contributed by atoms with Crippen molar-refractivity contribution in [1.29, 1.82) is 0 Å². The predicted molar refractivity (Wildman–Crippen MR) is 204 cm³/mol. The van der Waals surface area contributed by atoms with E-state index in [1.807, 2.05) is 41.5 Å². The first kappa shape index (κ1) is 40.3. The zero-order valence-electron chi connectivity index (χ0n) is 33.9. The fourth-order valence-corrected chi connectivity index (χ4v) is 12.0. The van der Waals surface area contributed by atoms with E-state index in [4.69, 9.17) is 0 Å². The number of allylic oxidation sites excluding steroid dienone is 1. The number of aromatic nitrogens is 2. The van der Waals surface area contributed by atoms with Crippen LogP contribution in [-0.4, -0.2) is 76.7 Å². The van der Waals surface area contributed by atoms with E-state index in [0.29, 0.717) is 49.2 Å². The number of amides is 3. The second kappa shape index (κ2) is 12.8. The van der Waals surface area contributed by atoms with Gasteiger partial charge in [-0.3, -0.25) is 33.8 Å². The highest BCUT2D eigenvalue weighted by molar-refractivity contribution is 7.90. The van der Waals surface area contributed by atoms with Gasteiger partial charge >= 0.3 is 0 Å². The fraction of sp³-hybridized carbons (Fsp3) is 0.756. The third kappa shape index (κ3) is 6.28. The van der Waals surface area contributed by atoms with E-state index >= 15 is 4.79 Å². The lowest BCUT2D eigenvalue weighted by molar-refractivity contribution is -0.146. The van der Waals surface area contributed by atoms with Crippen molar-refractivity contribution in [2.24, 2.45) is 44.3 Å². The summed E-state index contributed by atoms with van der Waals surface area (Å²) in [6.07, 6.45) is 6.20. The molecule has 12 nitrogen and oxygen atoms in total. The Morgan fingerprint density at radius 1 is 1.00 bits per heavy atom. The van der Waals surface area contributed by atoms with Crippen LogP contribution in [0.25, 0.3) is 0 Å². The Hall–Kier alpha value is -3.35. The third-order valence-electron chi connectivity index (χ3n) is 14.6. The van der Waals surface area contributed by atoms with Gasteiger partial charge in [0.25, 0.3) is 5.91 Å². The standard InChI is InChI=1S/C41H61N5O7S/c1-12-25-19-39(25,35(51)45-54(52,53)26-14-15-26)21-30(48)28-20-41(38(10,11)40(41)16-13-17-40)22-46(28)34(50)27(36(4,5)6)18-29(47)32(37(7,8)9)42-33(49)31-23(2)43-44-24(31)3/h12,25-28,32H,1,13-22H2,2-11H3,(H,42,49)(H,43,44)(H,45,51)/t25-,27-,28+,32-,39-,41-/m1/s1. The largest absolute Gasteiger partial charge is 0.342 e. The number of rotatable bonds is 13. The molecule has 298 valence electrons. The summed E-state index contributed by atoms with van der Waals surface area (Å²) in [6.45, 7) is 23.6. The second-order valence-corrected chi connectivity index (χ2v) is 22.0. The van der Waals surface area contributed by atoms with Gasteiger partial charge in [-0.25, -0.2) is 8.42 Å². The molecule has 0 radical (unpaired) electrons. The summed E-state index contributed by atoms with van der Waals surface area (Å²) in [6, 6.07) is -1.73. The number of carbonyl (C=O) groups is 5. The Morgan fingerprint density at radius 3 is 2.07 bits per heavy atom. The Balaban J connectivity index is 1.29. The van der Waals surface area contributed by atoms with Crippen LogP contribution in [0.4, 0.5) is 0 Å². The lowest BCUT2D eigenvalue weighted by atomic mass is 9.73. The van der Waals surface area contributed by atoms with Gasteiger partial charge in [0.05, 0.1) is 34.0 Å². The molecule has 4 saturated carbocycles. The van der Waals surface area contributed by atoms with E-state index in [1.165, 1.54) is 0 Å². The molecular formula is C41H61N5O7S. The topological polar surface area (TPSA) is 175 Å². The Morgan fingerprint density at radius 2 is 1.63 bits per heavy atom. The molecule has 6 atom stereocenters. The van der Waals surface area contributed by atoms with Crippen LogP contribution in [0.1, 0.15) is 135 Å². The van der Waals surface area contributed by atoms with Gasteiger partial charge < -0.3 is 10.2 Å². The minimum atomic E-state index is -3.83. The predicted octanol–water partition coefficient (Wildman–Crippen LogP) is 5.35. The minimum Gasteiger partial charge on any atom is -0.342 e. The number of carbonyl (C=O) groups excluding carboxylic acids is 5. The van der Waals surface area contributed by atoms with Gasteiger partial charge in [-0.15, -0.1) is 6.58 Å². The van der Waals surface area contributed by atoms with Gasteiger partial charge in [-0.1, -0.05) is 67.9 Å². The minimum absolute atomic E-state index is 0.0161. The summed E-state index contributed by atoms with van der Waals surface area (Å²) >= 11 is 0. The van der Waals surface area contributed by atoms with Crippen LogP contribution < -0.4 is 10.0 Å². The normalized spacial score (nSPS) is 29.3. The van der Waals surface area contributed by atoms with Gasteiger partial charge in [-0.05, 0) is 80.0 Å². The molecule has 4 aliphatic carbocycles. The molecule has 1 aromatic heterocycles. The van der Waals surface area contributed by atoms with Crippen molar-refractivity contribution in [2.45, 2.75) is 144 Å². The lowest BCUT2D eigenvalue weighted by Gasteiger charge is -2.37. The van der Waals surface area contributed by atoms with E-state index in [-0.39, 0.29) is 52.5 Å². The maximum atomic E-state index is 15.1. The molecule has 1 aliphatic heterocycles. The number of sulfonamides is 1. The first-order chi connectivity index (χ1) is 24.8. The van der Waals surface area contributed by atoms with Crippen LogP contribution in [0.2, 0.25) is 0 Å². The number of hydrogen-bond donors (Lipinski definition) is 3. The number of aryl methyl sites for hydroxylation is 2. The van der Waals surface area contributed by atoms with Crippen molar-refractivity contribution in [2.75, 3.05) is 6.54 Å². The third-order valence-corrected chi connectivity index (χ3v) is 16.4. The summed E-state index contributed by atoms with van der Waals surface area (Å²) in [5.41, 5.74) is -1.48. The van der Waals surface area contributed by atoms with Crippen molar-refractivity contribution in [3.05, 3.63) is 29.6 Å². The van der Waals surface area contributed by atoms with E-state index in [0.717, 1.165) is 19.3 Å². The Bertz CT molecular complexity index is 1870. The molecule has 0 bridgehead atoms. The number of H-pyrrole nitrogens is 1. The van der Waals surface area contributed by atoms with Gasteiger partial charge in [0.2, 0.25) is 21.8 Å². The zero-order chi connectivity index (χ0) is 40.2. The van der Waals surface area contributed by atoms with Crippen molar-refractivity contribution in [3.8, 4) is 0 Å². The van der Waals surface area contributed by atoms with Crippen molar-refractivity contribution >= 4 is 39.3 Å². The van der Waals surface area contributed by atoms with Gasteiger partial charge in [0.1, 0.15) is 0 Å². The summed E-state index contributed by atoms with van der Waals surface area (Å²) in [7, 11) is -3.83. The summed E-state index contributed by atoms with van der Waals surface area (Å²) in [5, 5.41) is 9.33. The Kier molecular flexibility index (Phi) is 9.59. The van der Waals surface area contributed by atoms with Gasteiger partial charge in [0, 0.05) is 36.4 Å². The molecule has 3 amide bonds. The van der Waals surface area contributed by atoms with Crippen LogP contribution in [0.3, 0.4) is 0 Å². The van der Waals surface area contributed by atoms with Crippen LogP contribution in [0.5, 0.6) is 0 Å². The lowest BCUT2D eigenvalue weighted by Crippen LogP contribution is -2.52. The number of nitrogens with zero attached hydrogens (tertiary/aromatic N) is 2. The fourth-order valence-electron chi connectivity index (χ4n) is 10.6. The molecule has 5 fully saturated rings. The first-order valence-corrected chi connectivity index (χ1v) is 21.2. The molecule has 0 unspecified atom stereocenters. The van der Waals surface area contributed by atoms with Crippen molar-refractivity contribution in [1.82, 2.24) is 25.1 Å². The quantitative estimate of drug-likeness (QED) is 0.225. The monoisotopic (exact) mass is 767 g/mol. The van der Waals surface area contributed by atoms with E-state index in [2.05, 4.69) is 40.7 Å². The first-order valence-electron chi connectivity index (χ1n) is 19.7. The van der Waals surface area contributed by atoms with Crippen LogP contribution >= 0.6 is 0 Å². The number of ketones is 2. The number of nitrogens with one attached hydrogen (secondary N) is 3. The zero-order valence-corrected chi connectivity index (χ0v) is 34.7. The molecule has 0 aromatic carbocycles. The summed E-state index contributed by atoms with van der Waals surface area (Å²) < 4.78 is 27.9. The average molecular weight is 768 g/mol. The molecule has 13 heteroatoms. The van der Waals surface area contributed by atoms with Crippen LogP contribution in [-0.2, 0) is 29.2 Å². The number of Topliss-reactive ketones (excluding diaryl/α,β-unsaturated/α-hetero) is 2. The molecular weight excluding hydrogens is 707 g/mol. The average Bonchev–Trinajstić information content (AvgIpc) is 3.97. The highest BCUT2D eigenvalue weighted by Crippen LogP contribution is 2.88. The SMILES string of the molecule is C=C[C@@H]1C[C@]1(CC(=O)[C@@H]1C[C@@]2(CN1C(=O)[C@@H](CC(=O)[C@@H](NC(=O)c1c(C)n[nH]c1C)C(C)(C)C)C(C)(C)C)C(C)(C)C21CCC1)C(=O)NS(=O)(=O)C1CC1. The molecule has 1 saturated heterocycles. The molecule has 3 N–H and O–H groups in total. The maximum Gasteiger partial charge on any atom is 0.255 e. The van der Waals surface area contributed by atoms with Crippen LogP contribution in [0, 0.1) is 58.2 Å². The Labute approximate surface area is 320 Å². The molecule has 2 spiro atoms. The van der Waals surface area contributed by atoms with Crippen molar-refractivity contribution < 1.29 is 32.4 Å². The van der Waals surface area contributed by atoms with Crippen LogP contribution in [0.15, 0.2) is 12.7 Å². The second-order valence-electron chi connectivity index (χ2n) is 20.0. The smallest absolute Gasteiger partial charge is 0.255 e. The molecule has 5 aliphatic rings. The number of aromatic amines is 1. The summed E-state index contributed by atoms with van der Waals surface area (Å²) in [4.78, 5) is 73.1. The molecule has 2 heterocycles. The highest BCUT2D eigenvalue weighted by Gasteiger charge is 2.85. The summed E-state index contributed by atoms with van der Waals surface area (Å²) in [5.74, 6) is -3.07. The van der Waals surface area contributed by atoms with Gasteiger partial charge in [0.15, 0.2) is 11.6 Å². The maximum absolute atomic E-state index is 15.1. The van der Waals surface area contributed by atoms with E-state index < -0.39 is 61.3 Å². The number of likely N-dealkylation sites (tertiary alicyclic amines) is 1. The number of hydrogen-bond acceptors (Lipinski definition) is 8. The highest BCUT2D eigenvalue weighted by atomic mass is 32.2. The molecule has 54 heavy (non-hydrogen) atoms. The molecule has 6 rings (SSSR count). The van der Waals surface area contributed by atoms with Gasteiger partial charge in [-0.2, -0.15) is 5.10 Å².